The molecule has 2 aromatic rings. The molecule has 0 aliphatic carbocycles. The number of anilines is 1. The predicted octanol–water partition coefficient (Wildman–Crippen LogP) is 4.54. The number of carbonyl (C=O) groups excluding carboxylic acids is 1. The summed E-state index contributed by atoms with van der Waals surface area (Å²) in [4.78, 5) is 12.2. The number of halogens is 2. The third-order valence-corrected chi connectivity index (χ3v) is 4.65. The van der Waals surface area contributed by atoms with Crippen LogP contribution in [0.15, 0.2) is 48.5 Å². The van der Waals surface area contributed by atoms with Crippen molar-refractivity contribution in [3.8, 4) is 5.75 Å². The molecule has 1 fully saturated rings. The third-order valence-electron chi connectivity index (χ3n) is 4.65. The van der Waals surface area contributed by atoms with Gasteiger partial charge in [0.25, 0.3) is 0 Å². The predicted molar refractivity (Wildman–Crippen MR) is 108 cm³/mol. The molecule has 1 amide bonds. The van der Waals surface area contributed by atoms with Crippen molar-refractivity contribution < 1.29 is 13.9 Å². The fourth-order valence-electron chi connectivity index (χ4n) is 3.19. The SMILES string of the molecule is Cl.O=C(CCC1CCNCC1)Nc1cccc(COc2cccc(F)c2)c1. The first-order chi connectivity index (χ1) is 12.7. The van der Waals surface area contributed by atoms with E-state index >= 15 is 0 Å². The Kier molecular flexibility index (Phi) is 8.55. The van der Waals surface area contributed by atoms with Gasteiger partial charge in [-0.2, -0.15) is 0 Å². The van der Waals surface area contributed by atoms with Crippen molar-refractivity contribution in [2.75, 3.05) is 18.4 Å². The first-order valence-electron chi connectivity index (χ1n) is 9.17. The molecule has 0 spiro atoms. The van der Waals surface area contributed by atoms with Crippen molar-refractivity contribution in [1.82, 2.24) is 5.32 Å². The van der Waals surface area contributed by atoms with Crippen LogP contribution < -0.4 is 15.4 Å². The van der Waals surface area contributed by atoms with E-state index in [-0.39, 0.29) is 24.1 Å². The van der Waals surface area contributed by atoms with Crippen molar-refractivity contribution in [2.24, 2.45) is 5.92 Å². The molecule has 1 saturated heterocycles. The van der Waals surface area contributed by atoms with E-state index in [0.717, 1.165) is 43.6 Å². The van der Waals surface area contributed by atoms with Gasteiger partial charge in [-0.05, 0) is 68.1 Å². The van der Waals surface area contributed by atoms with Gasteiger partial charge in [0.1, 0.15) is 18.2 Å². The average molecular weight is 393 g/mol. The summed E-state index contributed by atoms with van der Waals surface area (Å²) >= 11 is 0. The number of carbonyl (C=O) groups is 1. The zero-order valence-corrected chi connectivity index (χ0v) is 16.1. The van der Waals surface area contributed by atoms with Crippen LogP contribution in [0.4, 0.5) is 10.1 Å². The lowest BCUT2D eigenvalue weighted by atomic mass is 9.93. The van der Waals surface area contributed by atoms with Gasteiger partial charge in [-0.3, -0.25) is 4.79 Å². The van der Waals surface area contributed by atoms with Gasteiger partial charge < -0.3 is 15.4 Å². The lowest BCUT2D eigenvalue weighted by molar-refractivity contribution is -0.116. The molecule has 0 aromatic heterocycles. The maximum absolute atomic E-state index is 13.2. The highest BCUT2D eigenvalue weighted by Crippen LogP contribution is 2.19. The second kappa shape index (κ2) is 10.9. The molecule has 0 saturated carbocycles. The van der Waals surface area contributed by atoms with E-state index in [2.05, 4.69) is 10.6 Å². The minimum atomic E-state index is -0.322. The van der Waals surface area contributed by atoms with Crippen LogP contribution in [0.5, 0.6) is 5.75 Å². The number of hydrogen-bond acceptors (Lipinski definition) is 3. The van der Waals surface area contributed by atoms with Crippen LogP contribution in [0, 0.1) is 11.7 Å². The molecule has 27 heavy (non-hydrogen) atoms. The first-order valence-corrected chi connectivity index (χ1v) is 9.17. The number of nitrogens with one attached hydrogen (secondary N) is 2. The fraction of sp³-hybridized carbons (Fsp3) is 0.381. The Bertz CT molecular complexity index is 736. The molecule has 2 aromatic carbocycles. The molecule has 0 atom stereocenters. The second-order valence-corrected chi connectivity index (χ2v) is 6.73. The highest BCUT2D eigenvalue weighted by molar-refractivity contribution is 5.90. The molecule has 0 radical (unpaired) electrons. The number of hydrogen-bond donors (Lipinski definition) is 2. The summed E-state index contributed by atoms with van der Waals surface area (Å²) in [6.45, 7) is 2.43. The smallest absolute Gasteiger partial charge is 0.224 e. The minimum Gasteiger partial charge on any atom is -0.489 e. The quantitative estimate of drug-likeness (QED) is 0.727. The van der Waals surface area contributed by atoms with Gasteiger partial charge >= 0.3 is 0 Å². The van der Waals surface area contributed by atoms with Gasteiger partial charge in [0.2, 0.25) is 5.91 Å². The molecule has 3 rings (SSSR count). The van der Waals surface area contributed by atoms with Crippen molar-refractivity contribution in [2.45, 2.75) is 32.3 Å². The summed E-state index contributed by atoms with van der Waals surface area (Å²) < 4.78 is 18.8. The second-order valence-electron chi connectivity index (χ2n) is 6.73. The fourth-order valence-corrected chi connectivity index (χ4v) is 3.19. The summed E-state index contributed by atoms with van der Waals surface area (Å²) in [6, 6.07) is 13.6. The maximum atomic E-state index is 13.2. The normalized spacial score (nSPS) is 14.3. The van der Waals surface area contributed by atoms with E-state index in [9.17, 15) is 9.18 Å². The molecule has 1 heterocycles. The Morgan fingerprint density at radius 2 is 1.93 bits per heavy atom. The van der Waals surface area contributed by atoms with Gasteiger partial charge in [-0.25, -0.2) is 4.39 Å². The molecule has 6 heteroatoms. The van der Waals surface area contributed by atoms with E-state index in [0.29, 0.717) is 24.7 Å². The van der Waals surface area contributed by atoms with Crippen LogP contribution >= 0.6 is 12.4 Å². The van der Waals surface area contributed by atoms with Crippen LogP contribution in [-0.2, 0) is 11.4 Å². The molecule has 1 aliphatic rings. The lowest BCUT2D eigenvalue weighted by Gasteiger charge is -2.22. The largest absolute Gasteiger partial charge is 0.489 e. The molecular formula is C21H26ClFN2O2. The summed E-state index contributed by atoms with van der Waals surface area (Å²) in [5.41, 5.74) is 1.69. The summed E-state index contributed by atoms with van der Waals surface area (Å²) in [5, 5.41) is 6.30. The Hall–Kier alpha value is -2.11. The highest BCUT2D eigenvalue weighted by Gasteiger charge is 2.14. The zero-order chi connectivity index (χ0) is 18.2. The molecule has 4 nitrogen and oxygen atoms in total. The molecule has 2 N–H and O–H groups in total. The van der Waals surface area contributed by atoms with Crippen LogP contribution in [0.3, 0.4) is 0 Å². The van der Waals surface area contributed by atoms with Crippen molar-refractivity contribution in [3.05, 3.63) is 59.9 Å². The van der Waals surface area contributed by atoms with Gasteiger partial charge in [0, 0.05) is 18.2 Å². The van der Waals surface area contributed by atoms with E-state index < -0.39 is 0 Å². The molecule has 0 bridgehead atoms. The van der Waals surface area contributed by atoms with Gasteiger partial charge in [0.15, 0.2) is 0 Å². The number of rotatable bonds is 7. The van der Waals surface area contributed by atoms with Crippen molar-refractivity contribution in [3.63, 3.8) is 0 Å². The summed E-state index contributed by atoms with van der Waals surface area (Å²) in [6.07, 6.45) is 3.80. The zero-order valence-electron chi connectivity index (χ0n) is 15.2. The van der Waals surface area contributed by atoms with E-state index in [1.165, 1.54) is 12.1 Å². The molecular weight excluding hydrogens is 367 g/mol. The number of benzene rings is 2. The van der Waals surface area contributed by atoms with Crippen LogP contribution in [-0.4, -0.2) is 19.0 Å². The third kappa shape index (κ3) is 7.19. The highest BCUT2D eigenvalue weighted by atomic mass is 35.5. The maximum Gasteiger partial charge on any atom is 0.224 e. The van der Waals surface area contributed by atoms with Crippen LogP contribution in [0.25, 0.3) is 0 Å². The Labute approximate surface area is 165 Å². The van der Waals surface area contributed by atoms with E-state index in [4.69, 9.17) is 4.74 Å². The van der Waals surface area contributed by atoms with Gasteiger partial charge in [-0.15, -0.1) is 12.4 Å². The Morgan fingerprint density at radius 1 is 1.15 bits per heavy atom. The molecule has 0 unspecified atom stereocenters. The van der Waals surface area contributed by atoms with Crippen LogP contribution in [0.2, 0.25) is 0 Å². The number of piperidine rings is 1. The molecule has 146 valence electrons. The van der Waals surface area contributed by atoms with Gasteiger partial charge in [0.05, 0.1) is 0 Å². The average Bonchev–Trinajstić information content (AvgIpc) is 2.66. The van der Waals surface area contributed by atoms with Crippen molar-refractivity contribution >= 4 is 24.0 Å². The summed E-state index contributed by atoms with van der Waals surface area (Å²) in [5.74, 6) is 0.860. The van der Waals surface area contributed by atoms with Gasteiger partial charge in [-0.1, -0.05) is 18.2 Å². The topological polar surface area (TPSA) is 50.4 Å². The summed E-state index contributed by atoms with van der Waals surface area (Å²) in [7, 11) is 0. The lowest BCUT2D eigenvalue weighted by Crippen LogP contribution is -2.28. The Balaban J connectivity index is 0.00000261. The number of amides is 1. The number of ether oxygens (including phenoxy) is 1. The van der Waals surface area contributed by atoms with E-state index in [1.54, 1.807) is 12.1 Å². The standard InChI is InChI=1S/C21H25FN2O2.ClH/c22-18-4-2-6-20(14-18)26-15-17-3-1-5-19(13-17)24-21(25)8-7-16-9-11-23-12-10-16;/h1-6,13-14,16,23H,7-12,15H2,(H,24,25);1H. The van der Waals surface area contributed by atoms with Crippen molar-refractivity contribution in [1.29, 1.82) is 0 Å². The monoisotopic (exact) mass is 392 g/mol. The minimum absolute atomic E-state index is 0. The molecule has 1 aliphatic heterocycles. The van der Waals surface area contributed by atoms with Crippen LogP contribution in [0.1, 0.15) is 31.2 Å². The van der Waals surface area contributed by atoms with E-state index in [1.807, 2.05) is 24.3 Å². The Morgan fingerprint density at radius 3 is 2.70 bits per heavy atom. The first kappa shape index (κ1) is 21.2.